The normalized spacial score (nSPS) is 11.0. The van der Waals surface area contributed by atoms with Crippen molar-refractivity contribution in [2.45, 2.75) is 13.8 Å². The lowest BCUT2D eigenvalue weighted by molar-refractivity contribution is -0.110. The molecule has 1 amide bonds. The van der Waals surface area contributed by atoms with Gasteiger partial charge in [-0.25, -0.2) is 4.99 Å². The Bertz CT molecular complexity index is 1080. The summed E-state index contributed by atoms with van der Waals surface area (Å²) >= 11 is 0. The highest BCUT2D eigenvalue weighted by atomic mass is 16.5. The molecule has 0 heterocycles. The van der Waals surface area contributed by atoms with Gasteiger partial charge in [-0.05, 0) is 49.7 Å². The van der Waals surface area contributed by atoms with Crippen molar-refractivity contribution in [3.05, 3.63) is 77.9 Å². The second kappa shape index (κ2) is 9.60. The summed E-state index contributed by atoms with van der Waals surface area (Å²) in [6.07, 6.45) is 0. The van der Waals surface area contributed by atoms with Crippen LogP contribution in [0.2, 0.25) is 0 Å². The monoisotopic (exact) mass is 403 g/mol. The van der Waals surface area contributed by atoms with Crippen molar-refractivity contribution in [2.75, 3.05) is 24.9 Å². The number of aliphatic imine (C=N–C) groups is 1. The van der Waals surface area contributed by atoms with Crippen molar-refractivity contribution in [3.63, 3.8) is 0 Å². The van der Waals surface area contributed by atoms with Crippen LogP contribution in [-0.4, -0.2) is 26.0 Å². The number of aryl methyl sites for hydroxylation is 2. The highest BCUT2D eigenvalue weighted by Crippen LogP contribution is 2.26. The molecule has 0 aromatic heterocycles. The molecule has 0 radical (unpaired) electrons. The Balaban J connectivity index is 2.00. The Labute approximate surface area is 176 Å². The summed E-state index contributed by atoms with van der Waals surface area (Å²) in [5, 5.41) is 5.99. The van der Waals surface area contributed by atoms with Crippen LogP contribution < -0.4 is 20.1 Å². The van der Waals surface area contributed by atoms with Gasteiger partial charge in [0.1, 0.15) is 11.5 Å². The van der Waals surface area contributed by atoms with Gasteiger partial charge in [0.25, 0.3) is 5.91 Å². The number of amides is 1. The van der Waals surface area contributed by atoms with E-state index < -0.39 is 5.91 Å². The SMILES string of the molecule is COc1ccccc1NC(=O)C(=Nc1ccc(C)cc1C)Nc1ccccc1OC. The smallest absolute Gasteiger partial charge is 0.291 e. The first kappa shape index (κ1) is 20.9. The topological polar surface area (TPSA) is 72.0 Å². The summed E-state index contributed by atoms with van der Waals surface area (Å²) in [6.45, 7) is 3.98. The molecule has 3 aromatic rings. The molecule has 2 N–H and O–H groups in total. The maximum absolute atomic E-state index is 13.2. The first-order valence-corrected chi connectivity index (χ1v) is 9.52. The number of hydrogen-bond donors (Lipinski definition) is 2. The number of methoxy groups -OCH3 is 2. The van der Waals surface area contributed by atoms with Crippen molar-refractivity contribution in [1.29, 1.82) is 0 Å². The zero-order chi connectivity index (χ0) is 21.5. The third kappa shape index (κ3) is 4.97. The third-order valence-corrected chi connectivity index (χ3v) is 4.51. The van der Waals surface area contributed by atoms with E-state index in [2.05, 4.69) is 15.6 Å². The van der Waals surface area contributed by atoms with E-state index in [-0.39, 0.29) is 5.84 Å². The van der Waals surface area contributed by atoms with Crippen molar-refractivity contribution in [2.24, 2.45) is 4.99 Å². The number of ether oxygens (including phenoxy) is 2. The average Bonchev–Trinajstić information content (AvgIpc) is 2.75. The molecule has 0 saturated heterocycles. The van der Waals surface area contributed by atoms with Crippen molar-refractivity contribution >= 4 is 28.8 Å². The number of benzene rings is 3. The fourth-order valence-electron chi connectivity index (χ4n) is 2.99. The summed E-state index contributed by atoms with van der Waals surface area (Å²) in [5.41, 5.74) is 4.00. The number of hydrogen-bond acceptors (Lipinski definition) is 4. The number of amidine groups is 1. The van der Waals surface area contributed by atoms with Gasteiger partial charge in [0.05, 0.1) is 31.3 Å². The number of nitrogens with one attached hydrogen (secondary N) is 2. The largest absolute Gasteiger partial charge is 0.495 e. The van der Waals surface area contributed by atoms with E-state index in [1.807, 2.05) is 68.4 Å². The minimum absolute atomic E-state index is 0.136. The molecular weight excluding hydrogens is 378 g/mol. The molecule has 0 unspecified atom stereocenters. The van der Waals surface area contributed by atoms with Crippen molar-refractivity contribution in [3.8, 4) is 11.5 Å². The Morgan fingerprint density at radius 2 is 1.37 bits per heavy atom. The second-order valence-electron chi connectivity index (χ2n) is 6.73. The number of rotatable bonds is 5. The maximum atomic E-state index is 13.2. The highest BCUT2D eigenvalue weighted by Gasteiger charge is 2.17. The van der Waals surface area contributed by atoms with Crippen LogP contribution in [0.3, 0.4) is 0 Å². The Kier molecular flexibility index (Phi) is 6.70. The van der Waals surface area contributed by atoms with Crippen molar-refractivity contribution in [1.82, 2.24) is 0 Å². The van der Waals surface area contributed by atoms with E-state index >= 15 is 0 Å². The van der Waals surface area contributed by atoms with Crippen LogP contribution in [0.1, 0.15) is 11.1 Å². The van der Waals surface area contributed by atoms with Gasteiger partial charge >= 0.3 is 0 Å². The molecule has 30 heavy (non-hydrogen) atoms. The molecule has 154 valence electrons. The number of carbonyl (C=O) groups is 1. The quantitative estimate of drug-likeness (QED) is 0.459. The molecule has 0 spiro atoms. The molecule has 0 bridgehead atoms. The first-order valence-electron chi connectivity index (χ1n) is 9.52. The zero-order valence-electron chi connectivity index (χ0n) is 17.5. The summed E-state index contributed by atoms with van der Waals surface area (Å²) < 4.78 is 10.7. The van der Waals surface area contributed by atoms with E-state index in [9.17, 15) is 4.79 Å². The van der Waals surface area contributed by atoms with Gasteiger partial charge in [0.2, 0.25) is 0 Å². The van der Waals surface area contributed by atoms with Crippen LogP contribution in [0, 0.1) is 13.8 Å². The lowest BCUT2D eigenvalue weighted by Crippen LogP contribution is -2.29. The molecule has 6 nitrogen and oxygen atoms in total. The van der Waals surface area contributed by atoms with Gasteiger partial charge in [-0.2, -0.15) is 0 Å². The van der Waals surface area contributed by atoms with E-state index in [4.69, 9.17) is 9.47 Å². The van der Waals surface area contributed by atoms with Gasteiger partial charge in [-0.3, -0.25) is 4.79 Å². The first-order chi connectivity index (χ1) is 14.5. The minimum atomic E-state index is -0.398. The third-order valence-electron chi connectivity index (χ3n) is 4.51. The standard InChI is InChI=1S/C24H25N3O3/c1-16-13-14-18(17(2)15-16)25-23(26-19-9-5-7-11-21(19)29-3)24(28)27-20-10-6-8-12-22(20)30-4/h5-15H,1-4H3,(H,25,26)(H,27,28). The van der Waals surface area contributed by atoms with E-state index in [1.165, 1.54) is 0 Å². The molecule has 0 saturated carbocycles. The van der Waals surface area contributed by atoms with Crippen molar-refractivity contribution < 1.29 is 14.3 Å². The van der Waals surface area contributed by atoms with Gasteiger partial charge in [0, 0.05) is 0 Å². The summed E-state index contributed by atoms with van der Waals surface area (Å²) in [4.78, 5) is 17.8. The average molecular weight is 403 g/mol. The maximum Gasteiger partial charge on any atom is 0.291 e. The molecule has 6 heteroatoms. The summed E-state index contributed by atoms with van der Waals surface area (Å²) in [5.74, 6) is 0.910. The molecule has 0 aliphatic carbocycles. The molecule has 3 aromatic carbocycles. The molecule has 3 rings (SSSR count). The molecular formula is C24H25N3O3. The van der Waals surface area contributed by atoms with Crippen LogP contribution in [0.25, 0.3) is 0 Å². The van der Waals surface area contributed by atoms with E-state index in [1.54, 1.807) is 26.4 Å². The van der Waals surface area contributed by atoms with Gasteiger partial charge in [0.15, 0.2) is 5.84 Å². The fourth-order valence-corrected chi connectivity index (χ4v) is 2.99. The minimum Gasteiger partial charge on any atom is -0.495 e. The predicted octanol–water partition coefficient (Wildman–Crippen LogP) is 5.10. The van der Waals surface area contributed by atoms with Gasteiger partial charge in [-0.1, -0.05) is 42.0 Å². The Hall–Kier alpha value is -3.80. The molecule has 0 atom stereocenters. The number of carbonyl (C=O) groups excluding carboxylic acids is 1. The number of nitrogens with zero attached hydrogens (tertiary/aromatic N) is 1. The van der Waals surface area contributed by atoms with Crippen LogP contribution in [-0.2, 0) is 4.79 Å². The highest BCUT2D eigenvalue weighted by molar-refractivity contribution is 6.46. The molecule has 0 fully saturated rings. The fraction of sp³-hybridized carbons (Fsp3) is 0.167. The van der Waals surface area contributed by atoms with Crippen LogP contribution in [0.15, 0.2) is 71.7 Å². The lowest BCUT2D eigenvalue weighted by atomic mass is 10.1. The zero-order valence-corrected chi connectivity index (χ0v) is 17.5. The molecule has 0 aliphatic rings. The predicted molar refractivity (Wildman–Crippen MR) is 121 cm³/mol. The summed E-state index contributed by atoms with van der Waals surface area (Å²) in [6, 6.07) is 20.5. The van der Waals surface area contributed by atoms with Gasteiger partial charge < -0.3 is 20.1 Å². The Morgan fingerprint density at radius 3 is 1.93 bits per heavy atom. The van der Waals surface area contributed by atoms with Crippen LogP contribution in [0.4, 0.5) is 17.1 Å². The molecule has 0 aliphatic heterocycles. The number of anilines is 2. The van der Waals surface area contributed by atoms with Crippen LogP contribution in [0.5, 0.6) is 11.5 Å². The Morgan fingerprint density at radius 1 is 0.800 bits per heavy atom. The van der Waals surface area contributed by atoms with Crippen LogP contribution >= 0.6 is 0 Å². The van der Waals surface area contributed by atoms with Gasteiger partial charge in [-0.15, -0.1) is 0 Å². The van der Waals surface area contributed by atoms with E-state index in [0.29, 0.717) is 28.6 Å². The van der Waals surface area contributed by atoms with E-state index in [0.717, 1.165) is 11.1 Å². The number of para-hydroxylation sites is 4. The second-order valence-corrected chi connectivity index (χ2v) is 6.73. The lowest BCUT2D eigenvalue weighted by Gasteiger charge is -2.15. The summed E-state index contributed by atoms with van der Waals surface area (Å²) in [7, 11) is 3.14.